The van der Waals surface area contributed by atoms with Crippen LogP contribution in [-0.2, 0) is 0 Å². The van der Waals surface area contributed by atoms with E-state index >= 15 is 0 Å². The van der Waals surface area contributed by atoms with E-state index in [1.807, 2.05) is 0 Å². The van der Waals surface area contributed by atoms with Gasteiger partial charge in [-0.25, -0.2) is 0 Å². The third-order valence-corrected chi connectivity index (χ3v) is 8.85. The summed E-state index contributed by atoms with van der Waals surface area (Å²) in [5, 5.41) is 0. The Morgan fingerprint density at radius 2 is 0.767 bits per heavy atom. The number of hydrogen-bond acceptors (Lipinski definition) is 0. The van der Waals surface area contributed by atoms with Crippen LogP contribution in [0.25, 0.3) is 0 Å². The van der Waals surface area contributed by atoms with E-state index in [9.17, 15) is 0 Å². The van der Waals surface area contributed by atoms with Crippen LogP contribution >= 0.6 is 31.9 Å². The third kappa shape index (κ3) is 3.96. The number of aryl methyl sites for hydroxylation is 6. The van der Waals surface area contributed by atoms with Gasteiger partial charge in [-0.1, -0.05) is 106 Å². The number of hydrogen-bond donors (Lipinski definition) is 0. The molecule has 0 amide bonds. The van der Waals surface area contributed by atoms with Crippen molar-refractivity contribution in [3.63, 3.8) is 0 Å². The highest BCUT2D eigenvalue weighted by atomic mass is 79.9. The first-order valence-corrected chi connectivity index (χ1v) is 12.1. The minimum Gasteiger partial charge on any atom is -0.0629 e. The van der Waals surface area contributed by atoms with Crippen molar-refractivity contribution >= 4 is 55.0 Å². The fourth-order valence-corrected chi connectivity index (χ4v) is 6.43. The van der Waals surface area contributed by atoms with Gasteiger partial charge in [-0.15, -0.1) is 0 Å². The Bertz CT molecular complexity index is 1030. The number of rotatable bonds is 3. The number of benzene rings is 3. The van der Waals surface area contributed by atoms with Crippen molar-refractivity contribution in [1.82, 2.24) is 0 Å². The van der Waals surface area contributed by atoms with Crippen molar-refractivity contribution < 1.29 is 0 Å². The highest BCUT2D eigenvalue weighted by Gasteiger charge is 2.32. The Morgan fingerprint density at radius 1 is 0.467 bits per heavy atom. The summed E-state index contributed by atoms with van der Waals surface area (Å²) in [5.74, 6) is 0. The third-order valence-electron chi connectivity index (χ3n) is 6.47. The van der Waals surface area contributed by atoms with E-state index in [2.05, 4.69) is 118 Å². The molecule has 0 heterocycles. The van der Waals surface area contributed by atoms with Crippen LogP contribution in [0.1, 0.15) is 50.1 Å². The van der Waals surface area contributed by atoms with Crippen LogP contribution in [0.4, 0.5) is 0 Å². The molecule has 0 radical (unpaired) electrons. The zero-order valence-corrected chi connectivity index (χ0v) is 22.8. The second-order valence-electron chi connectivity index (χ2n) is 8.97. The molecule has 0 saturated carbocycles. The monoisotopic (exact) mass is 524 g/mol. The fourth-order valence-electron chi connectivity index (χ4n) is 5.34. The van der Waals surface area contributed by atoms with E-state index in [1.54, 1.807) is 0 Å². The molecule has 0 aliphatic carbocycles. The first-order chi connectivity index (χ1) is 14.0. The van der Waals surface area contributed by atoms with Gasteiger partial charge in [0.05, 0.1) is 0 Å². The van der Waals surface area contributed by atoms with Crippen LogP contribution in [-0.4, -0.2) is 6.71 Å². The summed E-state index contributed by atoms with van der Waals surface area (Å²) in [6, 6.07) is 9.32. The van der Waals surface area contributed by atoms with Crippen LogP contribution < -0.4 is 16.4 Å². The lowest BCUT2D eigenvalue weighted by molar-refractivity contribution is 1.28. The summed E-state index contributed by atoms with van der Waals surface area (Å²) in [4.78, 5) is 0. The van der Waals surface area contributed by atoms with Crippen LogP contribution in [0, 0.1) is 62.3 Å². The summed E-state index contributed by atoms with van der Waals surface area (Å²) in [6.45, 7) is 20.3. The standard InChI is InChI=1S/C27H31BBr2/c1-14-10-16(3)23(17(4)11-14)28(24-18(5)12-15(2)13-19(24)6)25-20(7)26(29)22(9)27(30)21(25)8/h10-13H,1-9H3. The smallest absolute Gasteiger partial charge is 0.0629 e. The van der Waals surface area contributed by atoms with Gasteiger partial charge in [0.2, 0.25) is 6.71 Å². The van der Waals surface area contributed by atoms with Gasteiger partial charge < -0.3 is 0 Å². The molecule has 0 aliphatic heterocycles. The molecular formula is C27H31BBr2. The van der Waals surface area contributed by atoms with E-state index in [1.165, 1.54) is 75.4 Å². The van der Waals surface area contributed by atoms with Crippen molar-refractivity contribution in [3.8, 4) is 0 Å². The molecular weight excluding hydrogens is 495 g/mol. The van der Waals surface area contributed by atoms with Gasteiger partial charge in [-0.2, -0.15) is 0 Å². The van der Waals surface area contributed by atoms with Crippen molar-refractivity contribution in [3.05, 3.63) is 83.3 Å². The van der Waals surface area contributed by atoms with Gasteiger partial charge in [-0.05, 0) is 79.0 Å². The van der Waals surface area contributed by atoms with E-state index < -0.39 is 0 Å². The molecule has 156 valence electrons. The normalized spacial score (nSPS) is 11.2. The fraction of sp³-hybridized carbons (Fsp3) is 0.333. The first-order valence-electron chi connectivity index (χ1n) is 10.6. The first kappa shape index (κ1) is 23.4. The summed E-state index contributed by atoms with van der Waals surface area (Å²) < 4.78 is 2.40. The van der Waals surface area contributed by atoms with E-state index in [0.717, 1.165) is 0 Å². The van der Waals surface area contributed by atoms with Gasteiger partial charge in [0.15, 0.2) is 0 Å². The Labute approximate surface area is 199 Å². The molecule has 3 rings (SSSR count). The molecule has 3 heteroatoms. The highest BCUT2D eigenvalue weighted by molar-refractivity contribution is 9.11. The minimum atomic E-state index is 0.194. The lowest BCUT2D eigenvalue weighted by Gasteiger charge is -2.28. The molecule has 0 unspecified atom stereocenters. The minimum absolute atomic E-state index is 0.194. The topological polar surface area (TPSA) is 0 Å². The maximum Gasteiger partial charge on any atom is 0.243 e. The second-order valence-corrected chi connectivity index (χ2v) is 10.6. The summed E-state index contributed by atoms with van der Waals surface area (Å²) in [7, 11) is 0. The van der Waals surface area contributed by atoms with Gasteiger partial charge in [0.25, 0.3) is 0 Å². The predicted molar refractivity (Wildman–Crippen MR) is 142 cm³/mol. The van der Waals surface area contributed by atoms with Crippen LogP contribution in [0.5, 0.6) is 0 Å². The molecule has 0 bridgehead atoms. The Balaban J connectivity index is 2.53. The molecule has 0 saturated heterocycles. The van der Waals surface area contributed by atoms with Crippen molar-refractivity contribution in [1.29, 1.82) is 0 Å². The maximum atomic E-state index is 3.90. The van der Waals surface area contributed by atoms with Gasteiger partial charge in [0.1, 0.15) is 0 Å². The Morgan fingerprint density at radius 3 is 1.07 bits per heavy atom. The quantitative estimate of drug-likeness (QED) is 0.342. The SMILES string of the molecule is Cc1cc(C)c(B(c2c(C)cc(C)cc2C)c2c(C)c(Br)c(C)c(Br)c2C)c(C)c1. The summed E-state index contributed by atoms with van der Waals surface area (Å²) >= 11 is 7.79. The average molecular weight is 526 g/mol. The van der Waals surface area contributed by atoms with E-state index in [-0.39, 0.29) is 6.71 Å². The zero-order chi connectivity index (χ0) is 22.5. The molecule has 0 fully saturated rings. The molecule has 3 aromatic rings. The molecule has 0 aromatic heterocycles. The summed E-state index contributed by atoms with van der Waals surface area (Å²) in [6.07, 6.45) is 0. The van der Waals surface area contributed by atoms with Gasteiger partial charge in [0, 0.05) is 8.95 Å². The van der Waals surface area contributed by atoms with E-state index in [0.29, 0.717) is 0 Å². The highest BCUT2D eigenvalue weighted by Crippen LogP contribution is 2.30. The molecule has 0 atom stereocenters. The van der Waals surface area contributed by atoms with Crippen molar-refractivity contribution in [2.75, 3.05) is 0 Å². The Kier molecular flexibility index (Phi) is 6.75. The molecule has 3 aromatic carbocycles. The second kappa shape index (κ2) is 8.67. The van der Waals surface area contributed by atoms with E-state index in [4.69, 9.17) is 0 Å². The lowest BCUT2D eigenvalue weighted by atomic mass is 9.33. The number of halogens is 2. The van der Waals surface area contributed by atoms with Crippen LogP contribution in [0.15, 0.2) is 33.2 Å². The largest absolute Gasteiger partial charge is 0.243 e. The molecule has 0 nitrogen and oxygen atoms in total. The Hall–Kier alpha value is -1.32. The molecule has 0 N–H and O–H groups in total. The van der Waals surface area contributed by atoms with Crippen molar-refractivity contribution in [2.45, 2.75) is 62.3 Å². The van der Waals surface area contributed by atoms with Gasteiger partial charge >= 0.3 is 0 Å². The maximum absolute atomic E-state index is 3.90. The lowest BCUT2D eigenvalue weighted by Crippen LogP contribution is -2.57. The molecule has 0 aliphatic rings. The molecule has 30 heavy (non-hydrogen) atoms. The zero-order valence-electron chi connectivity index (χ0n) is 19.6. The van der Waals surface area contributed by atoms with Crippen LogP contribution in [0.3, 0.4) is 0 Å². The predicted octanol–water partition coefficient (Wildman–Crippen LogP) is 6.50. The summed E-state index contributed by atoms with van der Waals surface area (Å²) in [5.41, 5.74) is 16.3. The van der Waals surface area contributed by atoms with Crippen LogP contribution in [0.2, 0.25) is 0 Å². The molecule has 0 spiro atoms. The average Bonchev–Trinajstić information content (AvgIpc) is 2.63. The van der Waals surface area contributed by atoms with Gasteiger partial charge in [-0.3, -0.25) is 0 Å². The van der Waals surface area contributed by atoms with Crippen molar-refractivity contribution in [2.24, 2.45) is 0 Å².